The monoisotopic (exact) mass is 546 g/mol. The van der Waals surface area contributed by atoms with Crippen molar-refractivity contribution in [1.82, 2.24) is 24.8 Å². The Kier molecular flexibility index (Phi) is 6.37. The van der Waals surface area contributed by atoms with E-state index in [4.69, 9.17) is 25.8 Å². The van der Waals surface area contributed by atoms with Crippen LogP contribution in [0.4, 0.5) is 15.1 Å². The van der Waals surface area contributed by atoms with Gasteiger partial charge in [0.05, 0.1) is 48.3 Å². The topological polar surface area (TPSA) is 133 Å². The summed E-state index contributed by atoms with van der Waals surface area (Å²) in [6.45, 7) is 4.42. The van der Waals surface area contributed by atoms with Crippen LogP contribution < -0.4 is 10.6 Å². The molecule has 3 fully saturated rings. The van der Waals surface area contributed by atoms with E-state index in [-0.39, 0.29) is 46.6 Å². The molecule has 3 aliphatic rings. The Morgan fingerprint density at radius 2 is 2.11 bits per heavy atom. The average Bonchev–Trinajstić information content (AvgIpc) is 3.34. The minimum Gasteiger partial charge on any atom is -0.453 e. The van der Waals surface area contributed by atoms with E-state index >= 15 is 4.39 Å². The number of nitrogens with one attached hydrogen (secondary N) is 2. The van der Waals surface area contributed by atoms with E-state index in [1.807, 2.05) is 24.5 Å². The number of fused-ring (bicyclic) bond motifs is 3. The molecular weight excluding hydrogens is 519 g/mol. The van der Waals surface area contributed by atoms with Crippen molar-refractivity contribution >= 4 is 34.7 Å². The first-order valence-electron chi connectivity index (χ1n) is 12.5. The molecule has 4 heterocycles. The number of methoxy groups -OCH3 is 1. The molecule has 1 unspecified atom stereocenters. The van der Waals surface area contributed by atoms with Crippen LogP contribution in [0, 0.1) is 5.82 Å². The van der Waals surface area contributed by atoms with Crippen LogP contribution in [-0.4, -0.2) is 75.0 Å². The number of nitrogens with zero attached hydrogens (tertiary/aromatic N) is 4. The van der Waals surface area contributed by atoms with Crippen LogP contribution in [0.5, 0.6) is 0 Å². The zero-order valence-corrected chi connectivity index (χ0v) is 21.8. The van der Waals surface area contributed by atoms with Gasteiger partial charge >= 0.3 is 6.09 Å². The Labute approximate surface area is 222 Å². The SMILES string of the molecule is COC(=O)N[C@H]1CC1c1nc2c(F)cc(-c3nc(N[C@@H]4C[C@H]5CO[C@H](O5)[C@H]4O)ncc3Cl)cc2n1C(C)C. The van der Waals surface area contributed by atoms with Gasteiger partial charge in [-0.05, 0) is 38.8 Å². The molecule has 0 radical (unpaired) electrons. The first-order valence-corrected chi connectivity index (χ1v) is 12.9. The van der Waals surface area contributed by atoms with Gasteiger partial charge in [-0.2, -0.15) is 0 Å². The summed E-state index contributed by atoms with van der Waals surface area (Å²) < 4.78 is 33.2. The van der Waals surface area contributed by atoms with Crippen molar-refractivity contribution in [3.63, 3.8) is 0 Å². The normalized spacial score (nSPS) is 28.1. The van der Waals surface area contributed by atoms with Crippen LogP contribution in [0.1, 0.15) is 44.5 Å². The maximum Gasteiger partial charge on any atom is 0.407 e. The van der Waals surface area contributed by atoms with Gasteiger partial charge < -0.3 is 34.5 Å². The van der Waals surface area contributed by atoms with E-state index < -0.39 is 24.3 Å². The predicted molar refractivity (Wildman–Crippen MR) is 135 cm³/mol. The number of hydrogen-bond donors (Lipinski definition) is 3. The summed E-state index contributed by atoms with van der Waals surface area (Å²) in [4.78, 5) is 25.1. The number of amides is 1. The molecule has 1 aromatic carbocycles. The van der Waals surface area contributed by atoms with E-state index in [0.29, 0.717) is 42.0 Å². The maximum absolute atomic E-state index is 15.5. The van der Waals surface area contributed by atoms with Crippen molar-refractivity contribution in [2.75, 3.05) is 19.0 Å². The number of ether oxygens (including phenoxy) is 3. The van der Waals surface area contributed by atoms with Crippen LogP contribution in [0.2, 0.25) is 5.02 Å². The second-order valence-electron chi connectivity index (χ2n) is 10.2. The molecule has 38 heavy (non-hydrogen) atoms. The lowest BCUT2D eigenvalue weighted by molar-refractivity contribution is -0.156. The highest BCUT2D eigenvalue weighted by Crippen LogP contribution is 2.43. The van der Waals surface area contributed by atoms with Gasteiger partial charge in [-0.3, -0.25) is 0 Å². The number of anilines is 1. The maximum atomic E-state index is 15.5. The molecule has 2 bridgehead atoms. The number of aliphatic hydroxyl groups excluding tert-OH is 1. The molecule has 1 saturated carbocycles. The van der Waals surface area contributed by atoms with E-state index in [2.05, 4.69) is 25.6 Å². The smallest absolute Gasteiger partial charge is 0.407 e. The number of aliphatic hydroxyl groups is 1. The summed E-state index contributed by atoms with van der Waals surface area (Å²) in [5, 5.41) is 16.7. The lowest BCUT2D eigenvalue weighted by atomic mass is 10.0. The van der Waals surface area contributed by atoms with Gasteiger partial charge in [0, 0.05) is 23.6 Å². The molecule has 6 atom stereocenters. The molecule has 13 heteroatoms. The van der Waals surface area contributed by atoms with Crippen LogP contribution >= 0.6 is 11.6 Å². The Hall–Kier alpha value is -3.06. The molecule has 11 nitrogen and oxygen atoms in total. The Balaban J connectivity index is 1.33. The molecule has 1 amide bonds. The number of alkyl carbamates (subject to hydrolysis) is 1. The lowest BCUT2D eigenvalue weighted by Gasteiger charge is -2.32. The van der Waals surface area contributed by atoms with Crippen molar-refractivity contribution < 1.29 is 28.5 Å². The Bertz CT molecular complexity index is 1400. The van der Waals surface area contributed by atoms with E-state index in [9.17, 15) is 9.90 Å². The third-order valence-corrected chi connectivity index (χ3v) is 7.49. The summed E-state index contributed by atoms with van der Waals surface area (Å²) in [5.74, 6) is 0.404. The van der Waals surface area contributed by atoms with E-state index in [0.717, 1.165) is 0 Å². The lowest BCUT2D eigenvalue weighted by Crippen LogP contribution is -2.48. The fourth-order valence-corrected chi connectivity index (χ4v) is 5.50. The van der Waals surface area contributed by atoms with Crippen molar-refractivity contribution in [3.05, 3.63) is 35.0 Å². The molecule has 2 aromatic heterocycles. The third kappa shape index (κ3) is 4.45. The van der Waals surface area contributed by atoms with Crippen molar-refractivity contribution in [3.8, 4) is 11.3 Å². The second kappa shape index (κ2) is 9.60. The first kappa shape index (κ1) is 25.2. The van der Waals surface area contributed by atoms with Crippen molar-refractivity contribution in [2.24, 2.45) is 0 Å². The van der Waals surface area contributed by atoms with Crippen LogP contribution in [-0.2, 0) is 14.2 Å². The van der Waals surface area contributed by atoms with Gasteiger partial charge in [0.1, 0.15) is 17.4 Å². The fourth-order valence-electron chi connectivity index (χ4n) is 5.30. The number of rotatable bonds is 6. The number of benzene rings is 1. The first-order chi connectivity index (χ1) is 18.2. The fraction of sp³-hybridized carbons (Fsp3) is 0.520. The predicted octanol–water partition coefficient (Wildman–Crippen LogP) is 3.37. The minimum absolute atomic E-state index is 0.0188. The minimum atomic E-state index is -0.885. The van der Waals surface area contributed by atoms with E-state index in [1.165, 1.54) is 19.4 Å². The highest BCUT2D eigenvalue weighted by Gasteiger charge is 2.45. The van der Waals surface area contributed by atoms with Crippen molar-refractivity contribution in [1.29, 1.82) is 0 Å². The number of imidazole rings is 1. The summed E-state index contributed by atoms with van der Waals surface area (Å²) in [7, 11) is 1.32. The van der Waals surface area contributed by atoms with Crippen LogP contribution in [0.15, 0.2) is 18.3 Å². The average molecular weight is 547 g/mol. The zero-order valence-electron chi connectivity index (χ0n) is 21.0. The number of aromatic nitrogens is 4. The number of hydrogen-bond acceptors (Lipinski definition) is 9. The highest BCUT2D eigenvalue weighted by atomic mass is 35.5. The number of carbonyl (C=O) groups excluding carboxylic acids is 1. The van der Waals surface area contributed by atoms with Crippen LogP contribution in [0.3, 0.4) is 0 Å². The molecular formula is C25H28ClFN6O5. The van der Waals surface area contributed by atoms with Gasteiger partial charge in [0.2, 0.25) is 5.95 Å². The summed E-state index contributed by atoms with van der Waals surface area (Å²) in [6, 6.07) is 2.66. The summed E-state index contributed by atoms with van der Waals surface area (Å²) >= 11 is 6.47. The van der Waals surface area contributed by atoms with Gasteiger partial charge in [-0.1, -0.05) is 11.6 Å². The van der Waals surface area contributed by atoms with Gasteiger partial charge in [-0.25, -0.2) is 24.1 Å². The summed E-state index contributed by atoms with van der Waals surface area (Å²) in [6.07, 6.45) is 0.486. The molecule has 3 aromatic rings. The van der Waals surface area contributed by atoms with Crippen LogP contribution in [0.25, 0.3) is 22.3 Å². The molecule has 6 rings (SSSR count). The standard InChI is InChI=1S/C25H28ClFN6O5/c1-10(2)33-18-5-11(4-15(27)20(18)31-22(33)13-7-16(13)30-25(35)36-3)19-14(26)8-28-24(32-19)29-17-6-12-9-37-23(38-12)21(17)34/h4-5,8,10,12-13,16-17,21,23,34H,6-7,9H2,1-3H3,(H,30,35)(H,28,29,32)/t12-,13?,16-,17+,21-,23+/m0/s1. The molecule has 0 spiro atoms. The molecule has 202 valence electrons. The quantitative estimate of drug-likeness (QED) is 0.425. The van der Waals surface area contributed by atoms with E-state index in [1.54, 1.807) is 0 Å². The molecule has 3 N–H and O–H groups in total. The number of halogens is 2. The molecule has 1 aliphatic carbocycles. The summed E-state index contributed by atoms with van der Waals surface area (Å²) in [5.41, 5.74) is 1.66. The Morgan fingerprint density at radius 3 is 2.87 bits per heavy atom. The highest BCUT2D eigenvalue weighted by molar-refractivity contribution is 6.33. The Morgan fingerprint density at radius 1 is 1.29 bits per heavy atom. The van der Waals surface area contributed by atoms with Crippen molar-refractivity contribution in [2.45, 2.75) is 69.2 Å². The number of carbonyl (C=O) groups is 1. The van der Waals surface area contributed by atoms with Gasteiger partial charge in [0.25, 0.3) is 0 Å². The van der Waals surface area contributed by atoms with Gasteiger partial charge in [0.15, 0.2) is 12.1 Å². The second-order valence-corrected chi connectivity index (χ2v) is 10.6. The zero-order chi connectivity index (χ0) is 26.7. The van der Waals surface area contributed by atoms with Gasteiger partial charge in [-0.15, -0.1) is 0 Å². The molecule has 2 saturated heterocycles. The third-order valence-electron chi connectivity index (χ3n) is 7.22. The molecule has 2 aliphatic heterocycles. The largest absolute Gasteiger partial charge is 0.453 e.